The van der Waals surface area contributed by atoms with Crippen molar-refractivity contribution < 1.29 is 13.9 Å². The smallest absolute Gasteiger partial charge is 0.337 e. The lowest BCUT2D eigenvalue weighted by Gasteiger charge is -2.12. The summed E-state index contributed by atoms with van der Waals surface area (Å²) in [5.41, 5.74) is 2.52. The van der Waals surface area contributed by atoms with Crippen LogP contribution in [-0.4, -0.2) is 12.5 Å². The highest BCUT2D eigenvalue weighted by Crippen LogP contribution is 2.29. The van der Waals surface area contributed by atoms with Crippen LogP contribution in [0.3, 0.4) is 0 Å². The number of rotatable bonds is 5. The van der Waals surface area contributed by atoms with Gasteiger partial charge in [-0.1, -0.05) is 48.5 Å². The molecule has 1 N–H and O–H groups in total. The van der Waals surface area contributed by atoms with E-state index in [0.717, 1.165) is 11.1 Å². The van der Waals surface area contributed by atoms with E-state index in [-0.39, 0.29) is 11.5 Å². The van der Waals surface area contributed by atoms with Gasteiger partial charge < -0.3 is 14.5 Å². The molecule has 0 atom stereocenters. The van der Waals surface area contributed by atoms with E-state index >= 15 is 0 Å². The predicted molar refractivity (Wildman–Crippen MR) is 113 cm³/mol. The molecule has 0 radical (unpaired) electrons. The highest BCUT2D eigenvalue weighted by molar-refractivity contribution is 6.13. The van der Waals surface area contributed by atoms with E-state index in [0.29, 0.717) is 29.0 Å². The number of nitrogens with one attached hydrogen (secondary N) is 1. The highest BCUT2D eigenvalue weighted by atomic mass is 16.5. The third-order valence-electron chi connectivity index (χ3n) is 4.53. The number of benzene rings is 3. The van der Waals surface area contributed by atoms with Gasteiger partial charge in [0.2, 0.25) is 0 Å². The fourth-order valence-corrected chi connectivity index (χ4v) is 3.24. The van der Waals surface area contributed by atoms with Gasteiger partial charge in [-0.15, -0.1) is 0 Å². The molecule has 29 heavy (non-hydrogen) atoms. The summed E-state index contributed by atoms with van der Waals surface area (Å²) in [4.78, 5) is 25.1. The molecular formula is C24H19NO4. The van der Waals surface area contributed by atoms with Crippen LogP contribution in [0, 0.1) is 0 Å². The van der Waals surface area contributed by atoms with Crippen LogP contribution in [0.5, 0.6) is 5.75 Å². The molecule has 5 nitrogen and oxygen atoms in total. The third kappa shape index (κ3) is 3.89. The maximum Gasteiger partial charge on any atom is 0.337 e. The minimum absolute atomic E-state index is 0.252. The van der Waals surface area contributed by atoms with Crippen molar-refractivity contribution in [2.45, 2.75) is 6.92 Å². The van der Waals surface area contributed by atoms with Gasteiger partial charge in [0.1, 0.15) is 11.3 Å². The molecule has 1 aromatic heterocycles. The van der Waals surface area contributed by atoms with Gasteiger partial charge >= 0.3 is 5.63 Å². The maximum absolute atomic E-state index is 13.1. The quantitative estimate of drug-likeness (QED) is 0.485. The number of hydrogen-bond donors (Lipinski definition) is 1. The van der Waals surface area contributed by atoms with E-state index in [1.54, 1.807) is 18.2 Å². The molecule has 144 valence electrons. The average Bonchev–Trinajstić information content (AvgIpc) is 2.74. The Hall–Kier alpha value is -3.86. The summed E-state index contributed by atoms with van der Waals surface area (Å²) in [6.07, 6.45) is 0. The van der Waals surface area contributed by atoms with E-state index in [2.05, 4.69) is 5.32 Å². The summed E-state index contributed by atoms with van der Waals surface area (Å²) in [5, 5.41) is 3.48. The van der Waals surface area contributed by atoms with Gasteiger partial charge in [-0.25, -0.2) is 4.79 Å². The predicted octanol–water partition coefficient (Wildman–Crippen LogP) is 5.11. The number of ether oxygens (including phenoxy) is 1. The second-order valence-electron chi connectivity index (χ2n) is 6.44. The molecular weight excluding hydrogens is 366 g/mol. The van der Waals surface area contributed by atoms with Gasteiger partial charge in [0, 0.05) is 28.8 Å². The number of anilines is 1. The number of para-hydroxylation sites is 1. The zero-order chi connectivity index (χ0) is 20.2. The van der Waals surface area contributed by atoms with Crippen LogP contribution in [0.1, 0.15) is 17.3 Å². The average molecular weight is 385 g/mol. The van der Waals surface area contributed by atoms with E-state index in [9.17, 15) is 9.59 Å². The number of fused-ring (bicyclic) bond motifs is 1. The van der Waals surface area contributed by atoms with Crippen LogP contribution >= 0.6 is 0 Å². The second kappa shape index (κ2) is 8.02. The summed E-state index contributed by atoms with van der Waals surface area (Å²) in [6.45, 7) is 2.36. The third-order valence-corrected chi connectivity index (χ3v) is 4.53. The van der Waals surface area contributed by atoms with Gasteiger partial charge in [-0.05, 0) is 30.7 Å². The Balaban J connectivity index is 1.73. The molecule has 0 bridgehead atoms. The molecule has 0 aliphatic rings. The summed E-state index contributed by atoms with van der Waals surface area (Å²) in [5.74, 6) is 0.200. The molecule has 0 spiro atoms. The first-order valence-corrected chi connectivity index (χ1v) is 9.32. The Morgan fingerprint density at radius 1 is 0.966 bits per heavy atom. The van der Waals surface area contributed by atoms with Crippen LogP contribution < -0.4 is 15.7 Å². The standard InChI is InChI=1S/C24H19NO4/c1-2-28-17-12-13-19-20(15-23(26)29-22(19)14-17)24(27)25-21-11-7-6-10-18(21)16-8-4-3-5-9-16/h3-15H,2H2,1H3,(H,25,27). The molecule has 3 aromatic carbocycles. The summed E-state index contributed by atoms with van der Waals surface area (Å²) in [6, 6.07) is 23.6. The Labute approximate surface area is 167 Å². The molecule has 4 aromatic rings. The largest absolute Gasteiger partial charge is 0.494 e. The van der Waals surface area contributed by atoms with E-state index in [1.807, 2.05) is 61.5 Å². The Morgan fingerprint density at radius 2 is 1.72 bits per heavy atom. The van der Waals surface area contributed by atoms with Gasteiger partial charge in [-0.2, -0.15) is 0 Å². The fraction of sp³-hybridized carbons (Fsp3) is 0.0833. The number of carbonyl (C=O) groups excluding carboxylic acids is 1. The fourth-order valence-electron chi connectivity index (χ4n) is 3.24. The molecule has 0 saturated heterocycles. The summed E-state index contributed by atoms with van der Waals surface area (Å²) in [7, 11) is 0. The van der Waals surface area contributed by atoms with E-state index in [1.165, 1.54) is 6.07 Å². The molecule has 5 heteroatoms. The Morgan fingerprint density at radius 3 is 2.52 bits per heavy atom. The topological polar surface area (TPSA) is 68.5 Å². The molecule has 0 fully saturated rings. The lowest BCUT2D eigenvalue weighted by Crippen LogP contribution is -2.15. The SMILES string of the molecule is CCOc1ccc2c(C(=O)Nc3ccccc3-c3ccccc3)cc(=O)oc2c1. The molecule has 1 heterocycles. The van der Waals surface area contributed by atoms with E-state index in [4.69, 9.17) is 9.15 Å². The first-order chi connectivity index (χ1) is 14.2. The first kappa shape index (κ1) is 18.5. The lowest BCUT2D eigenvalue weighted by atomic mass is 10.0. The van der Waals surface area contributed by atoms with E-state index < -0.39 is 5.63 Å². The zero-order valence-electron chi connectivity index (χ0n) is 15.8. The van der Waals surface area contributed by atoms with Crippen LogP contribution in [0.4, 0.5) is 5.69 Å². The van der Waals surface area contributed by atoms with Crippen LogP contribution in [0.2, 0.25) is 0 Å². The molecule has 0 aliphatic carbocycles. The van der Waals surface area contributed by atoms with Gasteiger partial charge in [0.05, 0.1) is 12.2 Å². The normalized spacial score (nSPS) is 10.7. The second-order valence-corrected chi connectivity index (χ2v) is 6.44. The minimum atomic E-state index is -0.590. The molecule has 1 amide bonds. The van der Waals surface area contributed by atoms with Crippen molar-refractivity contribution in [3.05, 3.63) is 94.8 Å². The summed E-state index contributed by atoms with van der Waals surface area (Å²) >= 11 is 0. The molecule has 0 unspecified atom stereocenters. The number of carbonyl (C=O) groups is 1. The Bertz CT molecular complexity index is 1230. The lowest BCUT2D eigenvalue weighted by molar-refractivity contribution is 0.102. The zero-order valence-corrected chi connectivity index (χ0v) is 15.8. The van der Waals surface area contributed by atoms with Crippen LogP contribution in [0.25, 0.3) is 22.1 Å². The van der Waals surface area contributed by atoms with Crippen molar-refractivity contribution in [3.8, 4) is 16.9 Å². The number of hydrogen-bond acceptors (Lipinski definition) is 4. The van der Waals surface area contributed by atoms with Crippen molar-refractivity contribution in [1.29, 1.82) is 0 Å². The van der Waals surface area contributed by atoms with Crippen molar-refractivity contribution in [1.82, 2.24) is 0 Å². The molecule has 4 rings (SSSR count). The van der Waals surface area contributed by atoms with Gasteiger partial charge in [0.25, 0.3) is 5.91 Å². The first-order valence-electron chi connectivity index (χ1n) is 9.32. The monoisotopic (exact) mass is 385 g/mol. The Kier molecular flexibility index (Phi) is 5.12. The number of amides is 1. The minimum Gasteiger partial charge on any atom is -0.494 e. The van der Waals surface area contributed by atoms with Crippen molar-refractivity contribution >= 4 is 22.6 Å². The van der Waals surface area contributed by atoms with Crippen molar-refractivity contribution in [2.75, 3.05) is 11.9 Å². The maximum atomic E-state index is 13.1. The summed E-state index contributed by atoms with van der Waals surface area (Å²) < 4.78 is 10.7. The molecule has 0 aliphatic heterocycles. The van der Waals surface area contributed by atoms with Crippen molar-refractivity contribution in [3.63, 3.8) is 0 Å². The van der Waals surface area contributed by atoms with Crippen LogP contribution in [0.15, 0.2) is 88.1 Å². The van der Waals surface area contributed by atoms with Gasteiger partial charge in [-0.3, -0.25) is 4.79 Å². The molecule has 0 saturated carbocycles. The van der Waals surface area contributed by atoms with Gasteiger partial charge in [0.15, 0.2) is 0 Å². The highest BCUT2D eigenvalue weighted by Gasteiger charge is 2.16. The van der Waals surface area contributed by atoms with Crippen LogP contribution in [-0.2, 0) is 0 Å². The van der Waals surface area contributed by atoms with Crippen molar-refractivity contribution in [2.24, 2.45) is 0 Å².